The summed E-state index contributed by atoms with van der Waals surface area (Å²) in [5, 5.41) is 9.99. The predicted molar refractivity (Wildman–Crippen MR) is 158 cm³/mol. The van der Waals surface area contributed by atoms with Gasteiger partial charge in [0.15, 0.2) is 0 Å². The molecule has 0 saturated carbocycles. The fourth-order valence-corrected chi connectivity index (χ4v) is 5.05. The lowest BCUT2D eigenvalue weighted by Crippen LogP contribution is -2.08. The number of fused-ring (bicyclic) bond motifs is 2. The maximum Gasteiger partial charge on any atom is 0.416 e. The smallest absolute Gasteiger partial charge is 0.416 e. The lowest BCUT2D eigenvalue weighted by molar-refractivity contribution is -0.138. The highest BCUT2D eigenvalue weighted by Gasteiger charge is 2.30. The van der Waals surface area contributed by atoms with Gasteiger partial charge in [0, 0.05) is 24.4 Å². The Kier molecular flexibility index (Phi) is 7.73. The van der Waals surface area contributed by atoms with Crippen molar-refractivity contribution in [1.29, 1.82) is 0 Å². The minimum Gasteiger partial charge on any atom is -0.487 e. The zero-order valence-electron chi connectivity index (χ0n) is 23.2. The molecule has 0 atom stereocenters. The number of nitrogens with zero attached hydrogens (tertiary/aromatic N) is 3. The van der Waals surface area contributed by atoms with E-state index in [4.69, 9.17) is 9.72 Å². The standard InChI is InChI=1S/C34H25F4N3O3/c35-26-10-13-29-24(17-26)7-11-27(39-29)20-44-28-12-14-31-30(18-28)40-32(15-16-33(42)43)41(31)19-21-1-3-22(4-2-21)23-5-8-25(9-6-23)34(36,37)38/h1-14,17-18H,15-16,19-20H2,(H,42,43). The van der Waals surface area contributed by atoms with Crippen LogP contribution < -0.4 is 4.74 Å². The number of carbonyl (C=O) groups is 1. The van der Waals surface area contributed by atoms with E-state index in [0.717, 1.165) is 28.8 Å². The number of imidazole rings is 1. The van der Waals surface area contributed by atoms with Gasteiger partial charge in [0.2, 0.25) is 0 Å². The van der Waals surface area contributed by atoms with Gasteiger partial charge in [-0.15, -0.1) is 0 Å². The number of rotatable bonds is 9. The van der Waals surface area contributed by atoms with Crippen molar-refractivity contribution in [3.63, 3.8) is 0 Å². The molecular formula is C34H25F4N3O3. The summed E-state index contributed by atoms with van der Waals surface area (Å²) < 4.78 is 60.2. The molecule has 0 aliphatic carbocycles. The summed E-state index contributed by atoms with van der Waals surface area (Å²) >= 11 is 0. The Labute approximate surface area is 249 Å². The van der Waals surface area contributed by atoms with Crippen molar-refractivity contribution < 1.29 is 32.2 Å². The largest absolute Gasteiger partial charge is 0.487 e. The first-order valence-corrected chi connectivity index (χ1v) is 13.8. The molecule has 0 aliphatic heterocycles. The quantitative estimate of drug-likeness (QED) is 0.170. The van der Waals surface area contributed by atoms with E-state index in [2.05, 4.69) is 4.98 Å². The lowest BCUT2D eigenvalue weighted by atomic mass is 10.0. The minimum absolute atomic E-state index is 0.0862. The normalized spacial score (nSPS) is 11.7. The second kappa shape index (κ2) is 11.8. The van der Waals surface area contributed by atoms with Crippen LogP contribution in [0.1, 0.15) is 29.1 Å². The van der Waals surface area contributed by atoms with E-state index in [9.17, 15) is 27.5 Å². The van der Waals surface area contributed by atoms with Crippen LogP contribution in [0.2, 0.25) is 0 Å². The molecule has 44 heavy (non-hydrogen) atoms. The van der Waals surface area contributed by atoms with Crippen LogP contribution in [-0.2, 0) is 30.5 Å². The molecule has 0 spiro atoms. The lowest BCUT2D eigenvalue weighted by Gasteiger charge is -2.11. The number of ether oxygens (including phenoxy) is 1. The van der Waals surface area contributed by atoms with Crippen molar-refractivity contribution in [1.82, 2.24) is 14.5 Å². The number of aliphatic carboxylic acids is 1. The molecule has 222 valence electrons. The van der Waals surface area contributed by atoms with Crippen LogP contribution in [0.25, 0.3) is 33.1 Å². The monoisotopic (exact) mass is 599 g/mol. The van der Waals surface area contributed by atoms with Crippen LogP contribution in [0.3, 0.4) is 0 Å². The average Bonchev–Trinajstić information content (AvgIpc) is 3.35. The summed E-state index contributed by atoms with van der Waals surface area (Å²) in [5.74, 6) is -0.0864. The Morgan fingerprint density at radius 2 is 1.55 bits per heavy atom. The zero-order chi connectivity index (χ0) is 30.8. The van der Waals surface area contributed by atoms with Crippen molar-refractivity contribution >= 4 is 27.9 Å². The third-order valence-corrected chi connectivity index (χ3v) is 7.30. The van der Waals surface area contributed by atoms with Crippen LogP contribution >= 0.6 is 0 Å². The van der Waals surface area contributed by atoms with Gasteiger partial charge in [-0.2, -0.15) is 13.2 Å². The third kappa shape index (κ3) is 6.39. The molecule has 0 bridgehead atoms. The van der Waals surface area contributed by atoms with Crippen LogP contribution in [0.5, 0.6) is 5.75 Å². The van der Waals surface area contributed by atoms with Gasteiger partial charge in [0.25, 0.3) is 0 Å². The molecule has 2 heterocycles. The SMILES string of the molecule is O=C(O)CCc1nc2cc(OCc3ccc4cc(F)ccc4n3)ccc2n1Cc1ccc(-c2ccc(C(F)(F)F)cc2)cc1. The molecule has 2 aromatic heterocycles. The van der Waals surface area contributed by atoms with Crippen molar-refractivity contribution in [2.75, 3.05) is 0 Å². The maximum atomic E-state index is 13.5. The second-order valence-corrected chi connectivity index (χ2v) is 10.4. The molecule has 1 N–H and O–H groups in total. The molecule has 4 aromatic carbocycles. The Balaban J connectivity index is 1.22. The highest BCUT2D eigenvalue weighted by molar-refractivity contribution is 5.79. The minimum atomic E-state index is -4.39. The number of aryl methyl sites for hydroxylation is 1. The molecule has 6 nitrogen and oxygen atoms in total. The predicted octanol–water partition coefficient (Wildman–Crippen LogP) is 8.05. The number of carboxylic acid groups (broad SMARTS) is 1. The molecule has 0 fully saturated rings. The number of carboxylic acids is 1. The van der Waals surface area contributed by atoms with Gasteiger partial charge < -0.3 is 14.4 Å². The highest BCUT2D eigenvalue weighted by Crippen LogP contribution is 2.31. The van der Waals surface area contributed by atoms with E-state index in [1.54, 1.807) is 24.3 Å². The number of hydrogen-bond donors (Lipinski definition) is 1. The highest BCUT2D eigenvalue weighted by atomic mass is 19.4. The molecule has 0 unspecified atom stereocenters. The molecule has 6 rings (SSSR count). The van der Waals surface area contributed by atoms with E-state index < -0.39 is 17.7 Å². The number of aromatic nitrogens is 3. The van der Waals surface area contributed by atoms with Crippen molar-refractivity contribution in [3.8, 4) is 16.9 Å². The van der Waals surface area contributed by atoms with Crippen molar-refractivity contribution in [2.45, 2.75) is 32.2 Å². The maximum absolute atomic E-state index is 13.5. The molecular weight excluding hydrogens is 574 g/mol. The third-order valence-electron chi connectivity index (χ3n) is 7.30. The number of pyridine rings is 1. The summed E-state index contributed by atoms with van der Waals surface area (Å²) in [6, 6.07) is 25.9. The van der Waals surface area contributed by atoms with E-state index in [0.29, 0.717) is 45.8 Å². The Morgan fingerprint density at radius 3 is 2.25 bits per heavy atom. The first-order chi connectivity index (χ1) is 21.1. The summed E-state index contributed by atoms with van der Waals surface area (Å²) in [4.78, 5) is 20.6. The van der Waals surface area contributed by atoms with Gasteiger partial charge in [0.1, 0.15) is 24.0 Å². The molecule has 0 radical (unpaired) electrons. The Morgan fingerprint density at radius 1 is 0.818 bits per heavy atom. The average molecular weight is 600 g/mol. The molecule has 10 heteroatoms. The topological polar surface area (TPSA) is 77.2 Å². The molecule has 0 aliphatic rings. The zero-order valence-corrected chi connectivity index (χ0v) is 23.2. The van der Waals surface area contributed by atoms with E-state index in [-0.39, 0.29) is 25.3 Å². The summed E-state index contributed by atoms with van der Waals surface area (Å²) in [6.07, 6.45) is -4.25. The first kappa shape index (κ1) is 28.9. The van der Waals surface area contributed by atoms with Crippen molar-refractivity contribution in [2.24, 2.45) is 0 Å². The van der Waals surface area contributed by atoms with Gasteiger partial charge in [-0.05, 0) is 65.2 Å². The number of hydrogen-bond acceptors (Lipinski definition) is 4. The van der Waals surface area contributed by atoms with Gasteiger partial charge in [-0.3, -0.25) is 4.79 Å². The fraction of sp³-hybridized carbons (Fsp3) is 0.147. The summed E-state index contributed by atoms with van der Waals surface area (Å²) in [5.41, 5.74) is 4.45. The molecule has 0 amide bonds. The number of halogens is 4. The molecule has 6 aromatic rings. The van der Waals surface area contributed by atoms with Gasteiger partial charge in [-0.1, -0.05) is 42.5 Å². The van der Waals surface area contributed by atoms with E-state index in [1.165, 1.54) is 24.3 Å². The first-order valence-electron chi connectivity index (χ1n) is 13.8. The fourth-order valence-electron chi connectivity index (χ4n) is 5.05. The summed E-state index contributed by atoms with van der Waals surface area (Å²) in [7, 11) is 0. The van der Waals surface area contributed by atoms with Crippen molar-refractivity contribution in [3.05, 3.63) is 126 Å². The van der Waals surface area contributed by atoms with E-state index in [1.807, 2.05) is 41.0 Å². The Hall–Kier alpha value is -5.25. The number of benzene rings is 4. The van der Waals surface area contributed by atoms with Gasteiger partial charge in [0.05, 0.1) is 34.2 Å². The Bertz CT molecular complexity index is 1970. The van der Waals surface area contributed by atoms with Crippen LogP contribution in [-0.4, -0.2) is 25.6 Å². The van der Waals surface area contributed by atoms with Gasteiger partial charge >= 0.3 is 12.1 Å². The van der Waals surface area contributed by atoms with Gasteiger partial charge in [-0.25, -0.2) is 14.4 Å². The van der Waals surface area contributed by atoms with E-state index >= 15 is 0 Å². The number of alkyl halides is 3. The second-order valence-electron chi connectivity index (χ2n) is 10.4. The van der Waals surface area contributed by atoms with Crippen LogP contribution in [0.15, 0.2) is 97.1 Å². The van der Waals surface area contributed by atoms with Crippen LogP contribution in [0, 0.1) is 5.82 Å². The molecule has 0 saturated heterocycles. The van der Waals surface area contributed by atoms with Crippen LogP contribution in [0.4, 0.5) is 17.6 Å². The summed E-state index contributed by atoms with van der Waals surface area (Å²) in [6.45, 7) is 0.608.